The summed E-state index contributed by atoms with van der Waals surface area (Å²) in [5.41, 5.74) is 7.40. The molecule has 3 nitrogen and oxygen atoms in total. The van der Waals surface area contributed by atoms with E-state index in [1.54, 1.807) is 0 Å². The molecule has 1 N–H and O–H groups in total. The highest BCUT2D eigenvalue weighted by atomic mass is 15.5. The molecule has 0 radical (unpaired) electrons. The van der Waals surface area contributed by atoms with Crippen molar-refractivity contribution >= 4 is 0 Å². The maximum absolute atomic E-state index is 3.29. The molecule has 0 saturated carbocycles. The summed E-state index contributed by atoms with van der Waals surface area (Å²) in [7, 11) is 4.03. The van der Waals surface area contributed by atoms with Gasteiger partial charge in [-0.05, 0) is 32.4 Å². The number of hydrazine groups is 1. The van der Waals surface area contributed by atoms with E-state index in [4.69, 9.17) is 0 Å². The fourth-order valence-corrected chi connectivity index (χ4v) is 1.78. The highest BCUT2D eigenvalue weighted by Gasteiger charge is 2.06. The molecule has 0 aliphatic rings. The summed E-state index contributed by atoms with van der Waals surface area (Å²) in [4.78, 5) is 0. The lowest BCUT2D eigenvalue weighted by Crippen LogP contribution is -2.29. The van der Waals surface area contributed by atoms with E-state index >= 15 is 0 Å². The van der Waals surface area contributed by atoms with Crippen LogP contribution in [0.1, 0.15) is 23.9 Å². The first-order valence-corrected chi connectivity index (χ1v) is 5.12. The molecule has 3 heteroatoms. The predicted molar refractivity (Wildman–Crippen MR) is 60.1 cm³/mol. The van der Waals surface area contributed by atoms with E-state index in [0.29, 0.717) is 0 Å². The lowest BCUT2D eigenvalue weighted by atomic mass is 10.2. The Labute approximate surface area is 86.7 Å². The van der Waals surface area contributed by atoms with Gasteiger partial charge in [0.25, 0.3) is 0 Å². The third-order valence-electron chi connectivity index (χ3n) is 2.58. The minimum absolute atomic E-state index is 0.909. The van der Waals surface area contributed by atoms with Crippen LogP contribution < -0.4 is 5.43 Å². The van der Waals surface area contributed by atoms with E-state index in [-0.39, 0.29) is 0 Å². The van der Waals surface area contributed by atoms with E-state index < -0.39 is 0 Å². The van der Waals surface area contributed by atoms with E-state index in [2.05, 4.69) is 36.8 Å². The van der Waals surface area contributed by atoms with Crippen LogP contribution in [0.15, 0.2) is 6.07 Å². The van der Waals surface area contributed by atoms with Crippen LogP contribution >= 0.6 is 0 Å². The molecule has 1 heterocycles. The maximum atomic E-state index is 3.29. The first-order valence-electron chi connectivity index (χ1n) is 5.12. The van der Waals surface area contributed by atoms with Crippen LogP contribution in [-0.4, -0.2) is 23.7 Å². The van der Waals surface area contributed by atoms with Crippen molar-refractivity contribution in [2.24, 2.45) is 0 Å². The third kappa shape index (κ3) is 2.36. The molecular formula is C11H21N3. The number of hydrogen-bond donors (Lipinski definition) is 1. The number of nitrogens with zero attached hydrogens (tertiary/aromatic N) is 2. The van der Waals surface area contributed by atoms with Gasteiger partial charge in [0.15, 0.2) is 0 Å². The molecule has 0 aliphatic heterocycles. The van der Waals surface area contributed by atoms with Crippen LogP contribution in [0, 0.1) is 13.8 Å². The van der Waals surface area contributed by atoms with Crippen LogP contribution in [0.5, 0.6) is 0 Å². The quantitative estimate of drug-likeness (QED) is 0.738. The number of aromatic nitrogens is 1. The Kier molecular flexibility index (Phi) is 3.72. The van der Waals surface area contributed by atoms with Gasteiger partial charge in [-0.15, -0.1) is 0 Å². The number of rotatable bonds is 4. The van der Waals surface area contributed by atoms with Crippen molar-refractivity contribution in [2.75, 3.05) is 14.1 Å². The van der Waals surface area contributed by atoms with Crippen molar-refractivity contribution < 1.29 is 0 Å². The summed E-state index contributed by atoms with van der Waals surface area (Å²) >= 11 is 0. The highest BCUT2D eigenvalue weighted by molar-refractivity contribution is 5.26. The molecule has 0 aliphatic carbocycles. The van der Waals surface area contributed by atoms with E-state index in [9.17, 15) is 0 Å². The normalized spacial score (nSPS) is 11.3. The Morgan fingerprint density at radius 3 is 2.43 bits per heavy atom. The van der Waals surface area contributed by atoms with Crippen molar-refractivity contribution in [3.63, 3.8) is 0 Å². The monoisotopic (exact) mass is 195 g/mol. The molecule has 1 rings (SSSR count). The summed E-state index contributed by atoms with van der Waals surface area (Å²) in [6, 6.07) is 2.26. The minimum atomic E-state index is 0.909. The molecule has 0 atom stereocenters. The van der Waals surface area contributed by atoms with Gasteiger partial charge in [-0.25, -0.2) is 0 Å². The van der Waals surface area contributed by atoms with E-state index in [1.807, 2.05) is 19.1 Å². The summed E-state index contributed by atoms with van der Waals surface area (Å²) in [5.74, 6) is 0. The lowest BCUT2D eigenvalue weighted by Gasteiger charge is -2.12. The molecule has 80 valence electrons. The number of hydrogen-bond acceptors (Lipinski definition) is 2. The van der Waals surface area contributed by atoms with Gasteiger partial charge in [-0.2, -0.15) is 0 Å². The van der Waals surface area contributed by atoms with Crippen molar-refractivity contribution in [1.82, 2.24) is 15.0 Å². The molecule has 0 fully saturated rings. The highest BCUT2D eigenvalue weighted by Crippen LogP contribution is 2.14. The fraction of sp³-hybridized carbons (Fsp3) is 0.636. The zero-order valence-corrected chi connectivity index (χ0v) is 9.89. The molecule has 0 spiro atoms. The summed E-state index contributed by atoms with van der Waals surface area (Å²) in [6.45, 7) is 8.49. The van der Waals surface area contributed by atoms with E-state index in [0.717, 1.165) is 13.1 Å². The van der Waals surface area contributed by atoms with Gasteiger partial charge in [0.2, 0.25) is 0 Å². The molecule has 0 unspecified atom stereocenters. The predicted octanol–water partition coefficient (Wildman–Crippen LogP) is 1.69. The Hall–Kier alpha value is -0.800. The van der Waals surface area contributed by atoms with E-state index in [1.165, 1.54) is 17.0 Å². The number of aryl methyl sites for hydroxylation is 1. The minimum Gasteiger partial charge on any atom is -0.349 e. The molecule has 0 aromatic carbocycles. The smallest absolute Gasteiger partial charge is 0.0371 e. The van der Waals surface area contributed by atoms with Gasteiger partial charge in [0.1, 0.15) is 0 Å². The Morgan fingerprint density at radius 1 is 1.36 bits per heavy atom. The average molecular weight is 195 g/mol. The fourth-order valence-electron chi connectivity index (χ4n) is 1.78. The topological polar surface area (TPSA) is 20.2 Å². The lowest BCUT2D eigenvalue weighted by molar-refractivity contribution is 0.285. The van der Waals surface area contributed by atoms with Crippen molar-refractivity contribution in [3.05, 3.63) is 23.0 Å². The zero-order valence-electron chi connectivity index (χ0n) is 9.89. The molecule has 0 amide bonds. The van der Waals surface area contributed by atoms with Crippen molar-refractivity contribution in [1.29, 1.82) is 0 Å². The first kappa shape index (κ1) is 11.3. The third-order valence-corrected chi connectivity index (χ3v) is 2.58. The Morgan fingerprint density at radius 2 is 2.00 bits per heavy atom. The number of nitrogens with one attached hydrogen (secondary N) is 1. The SMILES string of the molecule is CCn1c(C)cc(CNN(C)C)c1C. The van der Waals surface area contributed by atoms with Gasteiger partial charge < -0.3 is 4.57 Å². The largest absolute Gasteiger partial charge is 0.349 e. The summed E-state index contributed by atoms with van der Waals surface area (Å²) in [5, 5.41) is 1.98. The average Bonchev–Trinajstić information content (AvgIpc) is 2.38. The van der Waals surface area contributed by atoms with Crippen LogP contribution in [0.4, 0.5) is 0 Å². The van der Waals surface area contributed by atoms with Crippen LogP contribution in [-0.2, 0) is 13.1 Å². The zero-order chi connectivity index (χ0) is 10.7. The molecule has 14 heavy (non-hydrogen) atoms. The first-order chi connectivity index (χ1) is 6.56. The Bertz CT molecular complexity index is 300. The molecule has 0 saturated heterocycles. The van der Waals surface area contributed by atoms with Gasteiger partial charge in [-0.3, -0.25) is 10.4 Å². The van der Waals surface area contributed by atoms with Crippen LogP contribution in [0.2, 0.25) is 0 Å². The summed E-state index contributed by atoms with van der Waals surface area (Å²) in [6.07, 6.45) is 0. The molecular weight excluding hydrogens is 174 g/mol. The van der Waals surface area contributed by atoms with Gasteiger partial charge >= 0.3 is 0 Å². The molecule has 1 aromatic heterocycles. The van der Waals surface area contributed by atoms with Crippen molar-refractivity contribution in [2.45, 2.75) is 33.9 Å². The molecule has 0 bridgehead atoms. The van der Waals surface area contributed by atoms with Gasteiger partial charge in [-0.1, -0.05) is 0 Å². The second-order valence-corrected chi connectivity index (χ2v) is 3.87. The summed E-state index contributed by atoms with van der Waals surface area (Å²) < 4.78 is 2.34. The van der Waals surface area contributed by atoms with Crippen LogP contribution in [0.3, 0.4) is 0 Å². The standard InChI is InChI=1S/C11H21N3/c1-6-14-9(2)7-11(10(14)3)8-12-13(4)5/h7,12H,6,8H2,1-5H3. The van der Waals surface area contributed by atoms with Gasteiger partial charge in [0.05, 0.1) is 0 Å². The Balaban J connectivity index is 2.78. The van der Waals surface area contributed by atoms with Gasteiger partial charge in [0, 0.05) is 38.6 Å². The van der Waals surface area contributed by atoms with Crippen molar-refractivity contribution in [3.8, 4) is 0 Å². The van der Waals surface area contributed by atoms with Crippen LogP contribution in [0.25, 0.3) is 0 Å². The maximum Gasteiger partial charge on any atom is 0.0371 e. The molecule has 1 aromatic rings. The second kappa shape index (κ2) is 4.62. The second-order valence-electron chi connectivity index (χ2n) is 3.87.